The second-order valence-electron chi connectivity index (χ2n) is 7.62. The zero-order valence-corrected chi connectivity index (χ0v) is 12.2. The first kappa shape index (κ1) is 13.4. The van der Waals surface area contributed by atoms with Gasteiger partial charge in [-0.25, -0.2) is 0 Å². The largest absolute Gasteiger partial charge is 0.368 e. The van der Waals surface area contributed by atoms with E-state index in [-0.39, 0.29) is 11.2 Å². The summed E-state index contributed by atoms with van der Waals surface area (Å²) >= 11 is 0. The van der Waals surface area contributed by atoms with Crippen LogP contribution in [0.2, 0.25) is 0 Å². The van der Waals surface area contributed by atoms with Crippen LogP contribution in [0.3, 0.4) is 0 Å². The van der Waals surface area contributed by atoms with Crippen LogP contribution >= 0.6 is 0 Å². The van der Waals surface area contributed by atoms with Gasteiger partial charge in [-0.15, -0.1) is 0 Å². The van der Waals surface area contributed by atoms with E-state index in [4.69, 9.17) is 4.74 Å². The molecule has 2 nitrogen and oxygen atoms in total. The minimum Gasteiger partial charge on any atom is -0.368 e. The molecule has 0 bridgehead atoms. The Kier molecular flexibility index (Phi) is 3.33. The molecule has 2 fully saturated rings. The van der Waals surface area contributed by atoms with Gasteiger partial charge in [0.25, 0.3) is 0 Å². The summed E-state index contributed by atoms with van der Waals surface area (Å²) in [5.41, 5.74) is 0.527. The van der Waals surface area contributed by atoms with E-state index in [1.807, 2.05) is 0 Å². The first-order valence-electron chi connectivity index (χ1n) is 7.16. The lowest BCUT2D eigenvalue weighted by atomic mass is 9.87. The molecule has 1 aliphatic heterocycles. The summed E-state index contributed by atoms with van der Waals surface area (Å²) in [6.45, 7) is 12.4. The lowest BCUT2D eigenvalue weighted by Gasteiger charge is -2.31. The summed E-state index contributed by atoms with van der Waals surface area (Å²) in [6.07, 6.45) is 6.72. The van der Waals surface area contributed by atoms with Crippen molar-refractivity contribution in [2.45, 2.75) is 84.0 Å². The Labute approximate surface area is 107 Å². The van der Waals surface area contributed by atoms with Crippen molar-refractivity contribution in [2.24, 2.45) is 5.41 Å². The summed E-state index contributed by atoms with van der Waals surface area (Å²) in [7, 11) is 0. The summed E-state index contributed by atoms with van der Waals surface area (Å²) in [4.78, 5) is 0. The Bertz CT molecular complexity index is 277. The molecular weight excluding hydrogens is 210 g/mol. The van der Waals surface area contributed by atoms with Crippen molar-refractivity contribution in [1.29, 1.82) is 0 Å². The fourth-order valence-electron chi connectivity index (χ4n) is 3.66. The number of ether oxygens (including phenoxy) is 1. The molecular formula is C15H29NO. The molecule has 2 rings (SSSR count). The molecule has 0 radical (unpaired) electrons. The van der Waals surface area contributed by atoms with Crippen LogP contribution in [0.25, 0.3) is 0 Å². The van der Waals surface area contributed by atoms with Gasteiger partial charge in [0.2, 0.25) is 0 Å². The Morgan fingerprint density at radius 2 is 1.65 bits per heavy atom. The van der Waals surface area contributed by atoms with Crippen LogP contribution in [0.15, 0.2) is 0 Å². The van der Waals surface area contributed by atoms with Gasteiger partial charge < -0.3 is 10.1 Å². The van der Waals surface area contributed by atoms with E-state index in [1.165, 1.54) is 25.7 Å². The molecule has 1 heterocycles. The highest BCUT2D eigenvalue weighted by atomic mass is 16.5. The molecule has 1 saturated heterocycles. The Balaban J connectivity index is 1.91. The molecule has 1 unspecified atom stereocenters. The van der Waals surface area contributed by atoms with Gasteiger partial charge in [0.15, 0.2) is 0 Å². The second kappa shape index (κ2) is 4.24. The minimum absolute atomic E-state index is 0.0255. The molecule has 1 aliphatic carbocycles. The van der Waals surface area contributed by atoms with Gasteiger partial charge in [0, 0.05) is 12.6 Å². The molecule has 0 amide bonds. The fourth-order valence-corrected chi connectivity index (χ4v) is 3.66. The number of hydrogen-bond acceptors (Lipinski definition) is 2. The average Bonchev–Trinajstić information content (AvgIpc) is 2.65. The van der Waals surface area contributed by atoms with Crippen molar-refractivity contribution in [3.8, 4) is 0 Å². The molecule has 17 heavy (non-hydrogen) atoms. The zero-order valence-electron chi connectivity index (χ0n) is 12.2. The zero-order chi connectivity index (χ0) is 12.7. The number of nitrogens with one attached hydrogen (secondary N) is 1. The van der Waals surface area contributed by atoms with Crippen LogP contribution in [0, 0.1) is 5.41 Å². The number of hydrogen-bond donors (Lipinski definition) is 1. The number of rotatable bonds is 3. The van der Waals surface area contributed by atoms with E-state index in [2.05, 4.69) is 39.9 Å². The molecule has 2 aliphatic rings. The van der Waals surface area contributed by atoms with Crippen molar-refractivity contribution in [1.82, 2.24) is 5.32 Å². The maximum Gasteiger partial charge on any atom is 0.0787 e. The molecule has 2 heteroatoms. The van der Waals surface area contributed by atoms with E-state index < -0.39 is 0 Å². The van der Waals surface area contributed by atoms with E-state index in [9.17, 15) is 0 Å². The topological polar surface area (TPSA) is 21.3 Å². The summed E-state index contributed by atoms with van der Waals surface area (Å²) in [6, 6.07) is 0.495. The Morgan fingerprint density at radius 1 is 1.06 bits per heavy atom. The maximum absolute atomic E-state index is 6.13. The van der Waals surface area contributed by atoms with E-state index in [0.29, 0.717) is 11.5 Å². The first-order chi connectivity index (χ1) is 7.73. The smallest absolute Gasteiger partial charge is 0.0787 e. The van der Waals surface area contributed by atoms with Crippen molar-refractivity contribution < 1.29 is 4.74 Å². The van der Waals surface area contributed by atoms with Crippen LogP contribution in [0.1, 0.15) is 66.7 Å². The molecule has 1 saturated carbocycles. The van der Waals surface area contributed by atoms with Gasteiger partial charge in [-0.2, -0.15) is 0 Å². The Hall–Kier alpha value is -0.0800. The minimum atomic E-state index is -0.0293. The average molecular weight is 239 g/mol. The van der Waals surface area contributed by atoms with Crippen LogP contribution in [-0.2, 0) is 4.74 Å². The quantitative estimate of drug-likeness (QED) is 0.814. The van der Waals surface area contributed by atoms with Gasteiger partial charge in [-0.3, -0.25) is 0 Å². The van der Waals surface area contributed by atoms with Gasteiger partial charge in [0.05, 0.1) is 11.2 Å². The molecule has 100 valence electrons. The second-order valence-corrected chi connectivity index (χ2v) is 7.62. The predicted molar refractivity (Wildman–Crippen MR) is 72.2 cm³/mol. The predicted octanol–water partition coefficient (Wildman–Crippen LogP) is 3.50. The molecule has 0 aromatic heterocycles. The van der Waals surface area contributed by atoms with Crippen LogP contribution < -0.4 is 5.32 Å². The highest BCUT2D eigenvalue weighted by molar-refractivity contribution is 4.99. The van der Waals surface area contributed by atoms with Gasteiger partial charge >= 0.3 is 0 Å². The lowest BCUT2D eigenvalue weighted by molar-refractivity contribution is -0.0702. The molecule has 0 aromatic carbocycles. The third-order valence-corrected chi connectivity index (χ3v) is 4.66. The standard InChI is InChI=1S/C15H29NO/c1-13(2)10-12(14(3,4)17-13)16-11-15(5)8-6-7-9-15/h12,16H,6-11H2,1-5H3. The van der Waals surface area contributed by atoms with Gasteiger partial charge in [-0.1, -0.05) is 19.8 Å². The molecule has 0 aromatic rings. The molecule has 0 spiro atoms. The summed E-state index contributed by atoms with van der Waals surface area (Å²) in [5, 5.41) is 3.78. The van der Waals surface area contributed by atoms with Crippen LogP contribution in [-0.4, -0.2) is 23.8 Å². The van der Waals surface area contributed by atoms with Crippen molar-refractivity contribution in [3.05, 3.63) is 0 Å². The summed E-state index contributed by atoms with van der Waals surface area (Å²) in [5.74, 6) is 0. The first-order valence-corrected chi connectivity index (χ1v) is 7.16. The van der Waals surface area contributed by atoms with Crippen LogP contribution in [0.5, 0.6) is 0 Å². The summed E-state index contributed by atoms with van der Waals surface area (Å²) < 4.78 is 6.13. The van der Waals surface area contributed by atoms with Crippen molar-refractivity contribution in [2.75, 3.05) is 6.54 Å². The SMILES string of the molecule is CC1(CNC2CC(C)(C)OC2(C)C)CCCC1. The molecule has 1 atom stereocenters. The van der Waals surface area contributed by atoms with Crippen LogP contribution in [0.4, 0.5) is 0 Å². The van der Waals surface area contributed by atoms with E-state index >= 15 is 0 Å². The Morgan fingerprint density at radius 3 is 2.12 bits per heavy atom. The van der Waals surface area contributed by atoms with E-state index in [0.717, 1.165) is 13.0 Å². The third kappa shape index (κ3) is 3.03. The fraction of sp³-hybridized carbons (Fsp3) is 1.00. The van der Waals surface area contributed by atoms with Gasteiger partial charge in [0.1, 0.15) is 0 Å². The van der Waals surface area contributed by atoms with Crippen molar-refractivity contribution >= 4 is 0 Å². The molecule has 1 N–H and O–H groups in total. The lowest BCUT2D eigenvalue weighted by Crippen LogP contribution is -2.46. The highest BCUT2D eigenvalue weighted by Gasteiger charge is 2.46. The monoisotopic (exact) mass is 239 g/mol. The van der Waals surface area contributed by atoms with Gasteiger partial charge in [-0.05, 0) is 52.4 Å². The van der Waals surface area contributed by atoms with E-state index in [1.54, 1.807) is 0 Å². The maximum atomic E-state index is 6.13. The third-order valence-electron chi connectivity index (χ3n) is 4.66. The highest BCUT2D eigenvalue weighted by Crippen LogP contribution is 2.40. The normalized spacial score (nSPS) is 34.1. The van der Waals surface area contributed by atoms with Crippen molar-refractivity contribution in [3.63, 3.8) is 0 Å².